The number of alkyl halides is 2. The van der Waals surface area contributed by atoms with Gasteiger partial charge in [0.1, 0.15) is 11.4 Å². The molecule has 30 heavy (non-hydrogen) atoms. The zero-order chi connectivity index (χ0) is 21.9. The van der Waals surface area contributed by atoms with Crippen molar-refractivity contribution in [3.8, 4) is 11.5 Å². The predicted molar refractivity (Wildman–Crippen MR) is 118 cm³/mol. The number of pyridine rings is 1. The van der Waals surface area contributed by atoms with Crippen LogP contribution in [0.1, 0.15) is 26.5 Å². The van der Waals surface area contributed by atoms with Crippen LogP contribution in [0.4, 0.5) is 26.4 Å². The highest BCUT2D eigenvalue weighted by Gasteiger charge is 2.26. The second-order valence-electron chi connectivity index (χ2n) is 6.91. The molecular formula is C20H21ClF2N6S. The smallest absolute Gasteiger partial charge is 0.286 e. The van der Waals surface area contributed by atoms with Crippen molar-refractivity contribution in [3.05, 3.63) is 47.1 Å². The minimum atomic E-state index is -3.07. The third-order valence-electron chi connectivity index (χ3n) is 3.84. The molecule has 0 radical (unpaired) electrons. The fourth-order valence-corrected chi connectivity index (χ4v) is 3.34. The van der Waals surface area contributed by atoms with Gasteiger partial charge < -0.3 is 10.6 Å². The van der Waals surface area contributed by atoms with Crippen LogP contribution in [0.5, 0.6) is 0 Å². The molecule has 10 heteroatoms. The average molecular weight is 451 g/mol. The van der Waals surface area contributed by atoms with Gasteiger partial charge >= 0.3 is 0 Å². The van der Waals surface area contributed by atoms with Crippen LogP contribution in [-0.2, 0) is 5.92 Å². The lowest BCUT2D eigenvalue weighted by Crippen LogP contribution is -2.15. The molecule has 2 aromatic heterocycles. The highest BCUT2D eigenvalue weighted by atomic mass is 35.5. The van der Waals surface area contributed by atoms with Crippen LogP contribution in [0.25, 0.3) is 11.5 Å². The van der Waals surface area contributed by atoms with Crippen molar-refractivity contribution in [2.75, 3.05) is 16.9 Å². The topological polar surface area (TPSA) is 75.6 Å². The number of rotatable bonds is 7. The second kappa shape index (κ2) is 9.09. The summed E-state index contributed by atoms with van der Waals surface area (Å²) < 4.78 is 27.4. The van der Waals surface area contributed by atoms with Crippen molar-refractivity contribution in [2.45, 2.75) is 37.6 Å². The molecule has 0 saturated carbocycles. The van der Waals surface area contributed by atoms with E-state index >= 15 is 0 Å². The van der Waals surface area contributed by atoms with E-state index in [9.17, 15) is 8.78 Å². The molecule has 3 rings (SSSR count). The number of anilines is 3. The summed E-state index contributed by atoms with van der Waals surface area (Å²) in [4.78, 5) is 18.1. The Labute approximate surface area is 182 Å². The summed E-state index contributed by atoms with van der Waals surface area (Å²) in [5.74, 6) is -2.35. The van der Waals surface area contributed by atoms with Crippen LogP contribution in [0.2, 0.25) is 5.02 Å². The molecular weight excluding hydrogens is 430 g/mol. The van der Waals surface area contributed by atoms with Crippen molar-refractivity contribution in [3.63, 3.8) is 0 Å². The summed E-state index contributed by atoms with van der Waals surface area (Å²) in [5.41, 5.74) is 0.566. The largest absolute Gasteiger partial charge is 0.352 e. The standard InChI is InChI=1S/C20H21ClF2N6S/c1-11(2)24-18-27-17(15-6-5-7-16(26-15)20(3,22)23)28-19(29-18)25-13-8-12(21)9-14(10-13)30-4/h5-11H,1-4H3,(H2,24,25,27,28,29). The van der Waals surface area contributed by atoms with Crippen LogP contribution in [0.3, 0.4) is 0 Å². The number of benzene rings is 1. The Morgan fingerprint density at radius 3 is 2.43 bits per heavy atom. The Bertz CT molecular complexity index is 1040. The number of aromatic nitrogens is 4. The van der Waals surface area contributed by atoms with Crippen molar-refractivity contribution in [1.29, 1.82) is 0 Å². The Kier molecular flexibility index (Phi) is 6.72. The molecule has 0 spiro atoms. The lowest BCUT2D eigenvalue weighted by atomic mass is 10.2. The first-order valence-corrected chi connectivity index (χ1v) is 10.7. The highest BCUT2D eigenvalue weighted by Crippen LogP contribution is 2.29. The van der Waals surface area contributed by atoms with E-state index in [1.807, 2.05) is 32.2 Å². The molecule has 1 aromatic carbocycles. The average Bonchev–Trinajstić information content (AvgIpc) is 2.66. The van der Waals surface area contributed by atoms with Crippen molar-refractivity contribution in [1.82, 2.24) is 19.9 Å². The first-order chi connectivity index (χ1) is 14.1. The predicted octanol–water partition coefficient (Wildman–Crippen LogP) is 5.98. The number of thioether (sulfide) groups is 1. The zero-order valence-electron chi connectivity index (χ0n) is 16.9. The van der Waals surface area contributed by atoms with Gasteiger partial charge in [0, 0.05) is 28.6 Å². The third kappa shape index (κ3) is 5.76. The summed E-state index contributed by atoms with van der Waals surface area (Å²) in [6.45, 7) is 4.68. The van der Waals surface area contributed by atoms with Crippen LogP contribution >= 0.6 is 23.4 Å². The Morgan fingerprint density at radius 2 is 1.77 bits per heavy atom. The van der Waals surface area contributed by atoms with Gasteiger partial charge in [0.15, 0.2) is 5.82 Å². The van der Waals surface area contributed by atoms with E-state index in [0.29, 0.717) is 16.7 Å². The lowest BCUT2D eigenvalue weighted by molar-refractivity contribution is 0.0129. The van der Waals surface area contributed by atoms with Gasteiger partial charge in [-0.3, -0.25) is 0 Å². The molecule has 2 N–H and O–H groups in total. The monoisotopic (exact) mass is 450 g/mol. The van der Waals surface area contributed by atoms with Crippen LogP contribution in [0, 0.1) is 0 Å². The Hall–Kier alpha value is -2.52. The summed E-state index contributed by atoms with van der Waals surface area (Å²) in [7, 11) is 0. The highest BCUT2D eigenvalue weighted by molar-refractivity contribution is 7.98. The normalized spacial score (nSPS) is 11.6. The van der Waals surface area contributed by atoms with E-state index in [0.717, 1.165) is 11.8 Å². The van der Waals surface area contributed by atoms with Crippen LogP contribution < -0.4 is 10.6 Å². The molecule has 0 atom stereocenters. The molecule has 0 bridgehead atoms. The van der Waals surface area contributed by atoms with E-state index in [1.54, 1.807) is 23.9 Å². The summed E-state index contributed by atoms with van der Waals surface area (Å²) >= 11 is 7.73. The molecule has 0 saturated heterocycles. The summed E-state index contributed by atoms with van der Waals surface area (Å²) in [6, 6.07) is 9.92. The van der Waals surface area contributed by atoms with Gasteiger partial charge in [-0.1, -0.05) is 17.7 Å². The first kappa shape index (κ1) is 22.2. The van der Waals surface area contributed by atoms with E-state index in [-0.39, 0.29) is 29.2 Å². The number of hydrogen-bond acceptors (Lipinski definition) is 7. The minimum absolute atomic E-state index is 0.0571. The maximum absolute atomic E-state index is 13.7. The Morgan fingerprint density at radius 1 is 1.03 bits per heavy atom. The number of nitrogens with one attached hydrogen (secondary N) is 2. The number of halogens is 3. The molecule has 3 aromatic rings. The SMILES string of the molecule is CSc1cc(Cl)cc(Nc2nc(NC(C)C)nc(-c3cccc(C(C)(F)F)n3)n2)c1. The van der Waals surface area contributed by atoms with E-state index in [1.165, 1.54) is 12.1 Å². The molecule has 0 aliphatic rings. The van der Waals surface area contributed by atoms with Crippen molar-refractivity contribution >= 4 is 40.9 Å². The van der Waals surface area contributed by atoms with E-state index in [4.69, 9.17) is 11.6 Å². The molecule has 0 aliphatic carbocycles. The summed E-state index contributed by atoms with van der Waals surface area (Å²) in [6.07, 6.45) is 1.95. The maximum atomic E-state index is 13.7. The van der Waals surface area contributed by atoms with Gasteiger partial charge in [-0.15, -0.1) is 11.8 Å². The fourth-order valence-electron chi connectivity index (χ4n) is 2.55. The quantitative estimate of drug-likeness (QED) is 0.428. The van der Waals surface area contributed by atoms with Gasteiger partial charge in [-0.05, 0) is 50.4 Å². The number of nitrogens with zero attached hydrogens (tertiary/aromatic N) is 4. The second-order valence-corrected chi connectivity index (χ2v) is 8.22. The van der Waals surface area contributed by atoms with Crippen LogP contribution in [0.15, 0.2) is 41.3 Å². The molecule has 158 valence electrons. The van der Waals surface area contributed by atoms with Gasteiger partial charge in [0.2, 0.25) is 11.9 Å². The van der Waals surface area contributed by atoms with Gasteiger partial charge in [0.05, 0.1) is 0 Å². The maximum Gasteiger partial charge on any atom is 0.286 e. The molecule has 0 aliphatic heterocycles. The number of hydrogen-bond donors (Lipinski definition) is 2. The van der Waals surface area contributed by atoms with Gasteiger partial charge in [0.25, 0.3) is 5.92 Å². The molecule has 0 unspecified atom stereocenters. The van der Waals surface area contributed by atoms with Crippen molar-refractivity contribution < 1.29 is 8.78 Å². The lowest BCUT2D eigenvalue weighted by Gasteiger charge is -2.14. The zero-order valence-corrected chi connectivity index (χ0v) is 18.4. The third-order valence-corrected chi connectivity index (χ3v) is 4.77. The van der Waals surface area contributed by atoms with E-state index < -0.39 is 5.92 Å². The van der Waals surface area contributed by atoms with Crippen LogP contribution in [-0.4, -0.2) is 32.2 Å². The van der Waals surface area contributed by atoms with Gasteiger partial charge in [-0.25, -0.2) is 4.98 Å². The molecule has 6 nitrogen and oxygen atoms in total. The Balaban J connectivity index is 2.04. The fraction of sp³-hybridized carbons (Fsp3) is 0.300. The first-order valence-electron chi connectivity index (χ1n) is 9.14. The minimum Gasteiger partial charge on any atom is -0.352 e. The molecule has 0 amide bonds. The molecule has 0 fully saturated rings. The van der Waals surface area contributed by atoms with Crippen molar-refractivity contribution in [2.24, 2.45) is 0 Å². The summed E-state index contributed by atoms with van der Waals surface area (Å²) in [5, 5.41) is 6.79. The van der Waals surface area contributed by atoms with E-state index in [2.05, 4.69) is 30.6 Å². The molecule has 2 heterocycles. The van der Waals surface area contributed by atoms with Gasteiger partial charge in [-0.2, -0.15) is 23.7 Å².